The van der Waals surface area contributed by atoms with Crippen LogP contribution >= 0.6 is 11.3 Å². The Hall–Kier alpha value is -6.94. The van der Waals surface area contributed by atoms with E-state index in [4.69, 9.17) is 4.42 Å². The summed E-state index contributed by atoms with van der Waals surface area (Å²) in [5, 5.41) is 7.21. The number of nitrogens with zero attached hydrogens (tertiary/aromatic N) is 1. The molecule has 55 heavy (non-hydrogen) atoms. The molecule has 0 N–H and O–H groups in total. The molecule has 9 aromatic carbocycles. The summed E-state index contributed by atoms with van der Waals surface area (Å²) >= 11 is 1.86. The maximum Gasteiger partial charge on any atom is 0.159 e. The molecule has 0 spiro atoms. The molecule has 0 bridgehead atoms. The summed E-state index contributed by atoms with van der Waals surface area (Å²) in [4.78, 5) is 2.35. The number of anilines is 3. The number of para-hydroxylation sites is 2. The highest BCUT2D eigenvalue weighted by Gasteiger charge is 2.21. The quantitative estimate of drug-likeness (QED) is 0.170. The minimum Gasteiger partial charge on any atom is -0.453 e. The average molecular weight is 720 g/mol. The number of benzene rings is 9. The minimum absolute atomic E-state index is 0.860. The Bertz CT molecular complexity index is 3190. The van der Waals surface area contributed by atoms with E-state index >= 15 is 0 Å². The van der Waals surface area contributed by atoms with E-state index in [0.717, 1.165) is 50.1 Å². The topological polar surface area (TPSA) is 16.4 Å². The van der Waals surface area contributed by atoms with Crippen molar-refractivity contribution in [2.75, 3.05) is 4.90 Å². The first-order chi connectivity index (χ1) is 27.3. The van der Waals surface area contributed by atoms with Gasteiger partial charge in [0.15, 0.2) is 5.58 Å². The van der Waals surface area contributed by atoms with Gasteiger partial charge in [0.1, 0.15) is 5.58 Å². The lowest BCUT2D eigenvalue weighted by atomic mass is 9.98. The van der Waals surface area contributed by atoms with Crippen LogP contribution in [-0.4, -0.2) is 0 Å². The third-order valence-corrected chi connectivity index (χ3v) is 12.0. The zero-order valence-corrected chi connectivity index (χ0v) is 30.6. The summed E-state index contributed by atoms with van der Waals surface area (Å²) in [6.45, 7) is 0. The molecule has 2 aromatic heterocycles. The van der Waals surface area contributed by atoms with Crippen LogP contribution in [0.3, 0.4) is 0 Å². The standard InChI is InChI=1S/C52H33NOS/c1-3-12-34(13-4-1)37-24-25-39-33-41(31-28-38(39)32-37)53(40-29-26-36(27-30-40)42-17-11-23-49-50(42)46-16-7-8-22-48(46)55-49)47-21-10-20-45-44-19-9-18-43(51(44)54-52(45)47)35-14-5-2-6-15-35/h1-33H. The molecule has 3 heteroatoms. The molecule has 258 valence electrons. The van der Waals surface area contributed by atoms with Crippen molar-refractivity contribution in [1.82, 2.24) is 0 Å². The van der Waals surface area contributed by atoms with Crippen molar-refractivity contribution in [1.29, 1.82) is 0 Å². The van der Waals surface area contributed by atoms with Gasteiger partial charge in [0.05, 0.1) is 5.69 Å². The first kappa shape index (κ1) is 31.6. The molecule has 0 saturated heterocycles. The fourth-order valence-corrected chi connectivity index (χ4v) is 9.37. The fraction of sp³-hybridized carbons (Fsp3) is 0. The molecule has 0 fully saturated rings. The van der Waals surface area contributed by atoms with Crippen LogP contribution in [0.5, 0.6) is 0 Å². The van der Waals surface area contributed by atoms with E-state index in [-0.39, 0.29) is 0 Å². The van der Waals surface area contributed by atoms with E-state index in [1.165, 1.54) is 53.2 Å². The van der Waals surface area contributed by atoms with Crippen LogP contribution in [-0.2, 0) is 0 Å². The van der Waals surface area contributed by atoms with Gasteiger partial charge in [-0.05, 0) is 87.1 Å². The summed E-state index contributed by atoms with van der Waals surface area (Å²) in [6, 6.07) is 72.0. The maximum absolute atomic E-state index is 6.98. The summed E-state index contributed by atoms with van der Waals surface area (Å²) < 4.78 is 9.60. The zero-order valence-electron chi connectivity index (χ0n) is 29.8. The van der Waals surface area contributed by atoms with Gasteiger partial charge in [0.2, 0.25) is 0 Å². The molecule has 0 aliphatic heterocycles. The van der Waals surface area contributed by atoms with Crippen LogP contribution in [0.1, 0.15) is 0 Å². The van der Waals surface area contributed by atoms with Crippen molar-refractivity contribution < 1.29 is 4.42 Å². The van der Waals surface area contributed by atoms with Gasteiger partial charge in [-0.1, -0.05) is 152 Å². The number of hydrogen-bond donors (Lipinski definition) is 0. The lowest BCUT2D eigenvalue weighted by Crippen LogP contribution is -2.10. The van der Waals surface area contributed by atoms with E-state index in [0.29, 0.717) is 0 Å². The van der Waals surface area contributed by atoms with Crippen molar-refractivity contribution >= 4 is 81.3 Å². The van der Waals surface area contributed by atoms with Gasteiger partial charge < -0.3 is 9.32 Å². The van der Waals surface area contributed by atoms with Crippen molar-refractivity contribution in [2.45, 2.75) is 0 Å². The third-order valence-electron chi connectivity index (χ3n) is 10.9. The number of rotatable bonds is 6. The van der Waals surface area contributed by atoms with Gasteiger partial charge in [-0.3, -0.25) is 0 Å². The van der Waals surface area contributed by atoms with Crippen LogP contribution in [0.25, 0.3) is 86.3 Å². The molecule has 2 nitrogen and oxygen atoms in total. The first-order valence-electron chi connectivity index (χ1n) is 18.7. The number of hydrogen-bond acceptors (Lipinski definition) is 3. The summed E-state index contributed by atoms with van der Waals surface area (Å²) in [7, 11) is 0. The molecule has 0 amide bonds. The Morgan fingerprint density at radius 2 is 0.945 bits per heavy atom. The molecule has 0 aliphatic carbocycles. The van der Waals surface area contributed by atoms with Crippen LogP contribution < -0.4 is 4.90 Å². The van der Waals surface area contributed by atoms with Gasteiger partial charge in [-0.25, -0.2) is 0 Å². The fourth-order valence-electron chi connectivity index (χ4n) is 8.24. The Kier molecular flexibility index (Phi) is 7.39. The van der Waals surface area contributed by atoms with E-state index in [9.17, 15) is 0 Å². The Labute approximate surface area is 322 Å². The van der Waals surface area contributed by atoms with E-state index in [1.807, 2.05) is 11.3 Å². The van der Waals surface area contributed by atoms with E-state index < -0.39 is 0 Å². The summed E-state index contributed by atoms with van der Waals surface area (Å²) in [5.41, 5.74) is 12.0. The highest BCUT2D eigenvalue weighted by atomic mass is 32.1. The Morgan fingerprint density at radius 1 is 0.364 bits per heavy atom. The lowest BCUT2D eigenvalue weighted by molar-refractivity contribution is 0.670. The molecule has 0 unspecified atom stereocenters. The zero-order chi connectivity index (χ0) is 36.3. The summed E-state index contributed by atoms with van der Waals surface area (Å²) in [5.74, 6) is 0. The lowest BCUT2D eigenvalue weighted by Gasteiger charge is -2.26. The van der Waals surface area contributed by atoms with Crippen molar-refractivity contribution in [2.24, 2.45) is 0 Å². The molecule has 2 heterocycles. The van der Waals surface area contributed by atoms with Crippen LogP contribution in [0.15, 0.2) is 205 Å². The molecular weight excluding hydrogens is 687 g/mol. The number of furan rings is 1. The second-order valence-electron chi connectivity index (χ2n) is 14.1. The smallest absolute Gasteiger partial charge is 0.159 e. The predicted molar refractivity (Wildman–Crippen MR) is 235 cm³/mol. The SMILES string of the molecule is c1ccc(-c2ccc3cc(N(c4ccc(-c5cccc6sc7ccccc7c56)cc4)c4cccc5c4oc4c(-c6ccccc6)cccc45)ccc3c2)cc1. The number of fused-ring (bicyclic) bond motifs is 7. The molecular formula is C52H33NOS. The van der Waals surface area contributed by atoms with Gasteiger partial charge in [0, 0.05) is 47.9 Å². The van der Waals surface area contributed by atoms with Crippen molar-refractivity contribution in [3.05, 3.63) is 200 Å². The van der Waals surface area contributed by atoms with Crippen LogP contribution in [0.4, 0.5) is 17.1 Å². The van der Waals surface area contributed by atoms with Gasteiger partial charge >= 0.3 is 0 Å². The Morgan fingerprint density at radius 3 is 1.78 bits per heavy atom. The highest BCUT2D eigenvalue weighted by molar-refractivity contribution is 7.25. The molecule has 0 aliphatic rings. The molecule has 11 rings (SSSR count). The first-order valence-corrected chi connectivity index (χ1v) is 19.5. The van der Waals surface area contributed by atoms with Gasteiger partial charge in [-0.2, -0.15) is 0 Å². The van der Waals surface area contributed by atoms with E-state index in [1.54, 1.807) is 0 Å². The average Bonchev–Trinajstić information content (AvgIpc) is 3.84. The normalized spacial score (nSPS) is 11.6. The van der Waals surface area contributed by atoms with Gasteiger partial charge in [0.25, 0.3) is 0 Å². The second-order valence-corrected chi connectivity index (χ2v) is 15.2. The van der Waals surface area contributed by atoms with Crippen molar-refractivity contribution in [3.8, 4) is 33.4 Å². The molecule has 0 saturated carbocycles. The predicted octanol–water partition coefficient (Wildman–Crippen LogP) is 15.6. The Balaban J connectivity index is 1.09. The number of thiophene rings is 1. The molecule has 0 radical (unpaired) electrons. The van der Waals surface area contributed by atoms with Crippen molar-refractivity contribution in [3.63, 3.8) is 0 Å². The monoisotopic (exact) mass is 719 g/mol. The largest absolute Gasteiger partial charge is 0.453 e. The minimum atomic E-state index is 0.860. The highest BCUT2D eigenvalue weighted by Crippen LogP contribution is 2.46. The van der Waals surface area contributed by atoms with E-state index in [2.05, 4.69) is 205 Å². The molecule has 11 aromatic rings. The van der Waals surface area contributed by atoms with Gasteiger partial charge in [-0.15, -0.1) is 11.3 Å². The third kappa shape index (κ3) is 5.32. The van der Waals surface area contributed by atoms with Crippen LogP contribution in [0, 0.1) is 0 Å². The summed E-state index contributed by atoms with van der Waals surface area (Å²) in [6.07, 6.45) is 0. The molecule has 0 atom stereocenters. The maximum atomic E-state index is 6.98. The van der Waals surface area contributed by atoms with Crippen LogP contribution in [0.2, 0.25) is 0 Å². The second kappa shape index (κ2) is 12.9.